The van der Waals surface area contributed by atoms with Crippen LogP contribution in [0.15, 0.2) is 61.7 Å². The van der Waals surface area contributed by atoms with Crippen molar-refractivity contribution in [3.8, 4) is 23.0 Å². The molecule has 0 aliphatic carbocycles. The topological polar surface area (TPSA) is 130 Å². The number of carbonyl (C=O) groups excluding carboxylic acids is 2. The van der Waals surface area contributed by atoms with Gasteiger partial charge in [-0.15, -0.1) is 0 Å². The Kier molecular flexibility index (Phi) is 12.5. The molecule has 4 unspecified atom stereocenters. The van der Waals surface area contributed by atoms with Crippen LogP contribution in [0, 0.1) is 0 Å². The summed E-state index contributed by atoms with van der Waals surface area (Å²) >= 11 is 0. The van der Waals surface area contributed by atoms with Crippen molar-refractivity contribution in [1.29, 1.82) is 0 Å². The van der Waals surface area contributed by atoms with E-state index in [2.05, 4.69) is 13.2 Å². The molecule has 0 heterocycles. The third-order valence-electron chi connectivity index (χ3n) is 5.75. The van der Waals surface area contributed by atoms with Crippen molar-refractivity contribution in [3.63, 3.8) is 0 Å². The monoisotopic (exact) mass is 572 g/mol. The van der Waals surface area contributed by atoms with Gasteiger partial charge in [-0.25, -0.2) is 9.59 Å². The molecular weight excluding hydrogens is 532 g/mol. The standard InChI is InChI=1S/C31H40O10/c1-9-29(34)40-23-11-13-25(27(15-23)38-21(5)36-17-19(3)32)31(7,8)26-14-12-24(41-30(35)10-2)16-28(26)39-22(6)37-18-20(4)33/h9-16,19-22,32-33H,1-2,17-18H2,3-8H3. The molecule has 10 nitrogen and oxygen atoms in total. The fraction of sp³-hybridized carbons (Fsp3) is 0.419. The van der Waals surface area contributed by atoms with E-state index in [0.717, 1.165) is 12.2 Å². The van der Waals surface area contributed by atoms with Gasteiger partial charge in [0.2, 0.25) is 0 Å². The Morgan fingerprint density at radius 1 is 0.756 bits per heavy atom. The maximum atomic E-state index is 11.8. The van der Waals surface area contributed by atoms with Crippen LogP contribution in [0.1, 0.15) is 52.7 Å². The fourth-order valence-corrected chi connectivity index (χ4v) is 3.80. The highest BCUT2D eigenvalue weighted by atomic mass is 16.7. The Balaban J connectivity index is 2.59. The van der Waals surface area contributed by atoms with Gasteiger partial charge >= 0.3 is 11.9 Å². The summed E-state index contributed by atoms with van der Waals surface area (Å²) in [5.41, 5.74) is 0.559. The SMILES string of the molecule is C=CC(=O)Oc1ccc(C(C)(C)c2ccc(OC(=O)C=C)cc2OC(C)OCC(C)O)c(OC(C)OCC(C)O)c1. The van der Waals surface area contributed by atoms with Crippen LogP contribution in [0.25, 0.3) is 0 Å². The number of hydrogen-bond donors (Lipinski definition) is 2. The summed E-state index contributed by atoms with van der Waals surface area (Å²) in [6.45, 7) is 17.4. The maximum absolute atomic E-state index is 11.8. The summed E-state index contributed by atoms with van der Waals surface area (Å²) in [6, 6.07) is 9.89. The number of rotatable bonds is 16. The van der Waals surface area contributed by atoms with Gasteiger partial charge in [-0.05, 0) is 39.8 Å². The summed E-state index contributed by atoms with van der Waals surface area (Å²) in [6.07, 6.45) is -0.786. The van der Waals surface area contributed by atoms with Crippen molar-refractivity contribution in [2.45, 2.75) is 71.7 Å². The molecular formula is C31H40O10. The highest BCUT2D eigenvalue weighted by Gasteiger charge is 2.32. The molecule has 2 rings (SSSR count). The van der Waals surface area contributed by atoms with Crippen molar-refractivity contribution in [2.24, 2.45) is 0 Å². The van der Waals surface area contributed by atoms with E-state index in [9.17, 15) is 19.8 Å². The summed E-state index contributed by atoms with van der Waals surface area (Å²) in [5, 5.41) is 19.2. The molecule has 2 N–H and O–H groups in total. The minimum atomic E-state index is -0.805. The van der Waals surface area contributed by atoms with Gasteiger partial charge in [-0.3, -0.25) is 0 Å². The van der Waals surface area contributed by atoms with Crippen LogP contribution in [0.2, 0.25) is 0 Å². The van der Waals surface area contributed by atoms with Gasteiger partial charge in [-0.2, -0.15) is 0 Å². The van der Waals surface area contributed by atoms with E-state index in [1.165, 1.54) is 0 Å². The van der Waals surface area contributed by atoms with Crippen molar-refractivity contribution < 1.29 is 48.2 Å². The van der Waals surface area contributed by atoms with Crippen LogP contribution in [-0.4, -0.2) is 60.2 Å². The largest absolute Gasteiger partial charge is 0.465 e. The zero-order valence-corrected chi connectivity index (χ0v) is 24.4. The van der Waals surface area contributed by atoms with E-state index in [4.69, 9.17) is 28.4 Å². The first-order valence-corrected chi connectivity index (χ1v) is 13.2. The smallest absolute Gasteiger partial charge is 0.335 e. The molecule has 0 amide bonds. The molecule has 0 aliphatic rings. The Labute approximate surface area is 241 Å². The second-order valence-electron chi connectivity index (χ2n) is 9.93. The normalized spacial score (nSPS) is 14.2. The summed E-state index contributed by atoms with van der Waals surface area (Å²) in [5.74, 6) is -0.0882. The number of ether oxygens (including phenoxy) is 6. The van der Waals surface area contributed by atoms with E-state index in [-0.39, 0.29) is 24.7 Å². The number of esters is 2. The Morgan fingerprint density at radius 2 is 1.12 bits per heavy atom. The molecule has 0 fully saturated rings. The zero-order chi connectivity index (χ0) is 30.7. The maximum Gasteiger partial charge on any atom is 0.335 e. The summed E-state index contributed by atoms with van der Waals surface area (Å²) < 4.78 is 34.0. The van der Waals surface area contributed by atoms with E-state index in [1.807, 2.05) is 13.8 Å². The minimum absolute atomic E-state index is 0.0538. The van der Waals surface area contributed by atoms with E-state index in [0.29, 0.717) is 22.6 Å². The minimum Gasteiger partial charge on any atom is -0.465 e. The Bertz CT molecular complexity index is 1110. The predicted molar refractivity (Wildman–Crippen MR) is 152 cm³/mol. The van der Waals surface area contributed by atoms with Crippen LogP contribution in [0.4, 0.5) is 0 Å². The van der Waals surface area contributed by atoms with Gasteiger partial charge in [0.25, 0.3) is 0 Å². The van der Waals surface area contributed by atoms with Gasteiger partial charge in [0, 0.05) is 40.8 Å². The van der Waals surface area contributed by atoms with Gasteiger partial charge in [0.05, 0.1) is 25.4 Å². The zero-order valence-electron chi connectivity index (χ0n) is 24.4. The predicted octanol–water partition coefficient (Wildman–Crippen LogP) is 4.44. The van der Waals surface area contributed by atoms with E-state index >= 15 is 0 Å². The second-order valence-corrected chi connectivity index (χ2v) is 9.93. The number of aliphatic hydroxyl groups excluding tert-OH is 2. The molecule has 0 saturated carbocycles. The van der Waals surface area contributed by atoms with Crippen LogP contribution in [-0.2, 0) is 24.5 Å². The van der Waals surface area contributed by atoms with Crippen LogP contribution >= 0.6 is 0 Å². The molecule has 0 saturated heterocycles. The Morgan fingerprint density at radius 3 is 1.44 bits per heavy atom. The quantitative estimate of drug-likeness (QED) is 0.129. The first-order valence-electron chi connectivity index (χ1n) is 13.2. The average molecular weight is 573 g/mol. The fourth-order valence-electron chi connectivity index (χ4n) is 3.80. The van der Waals surface area contributed by atoms with Gasteiger partial charge in [-0.1, -0.05) is 39.1 Å². The van der Waals surface area contributed by atoms with Gasteiger partial charge < -0.3 is 38.6 Å². The van der Waals surface area contributed by atoms with Crippen molar-refractivity contribution in [1.82, 2.24) is 0 Å². The molecule has 0 bridgehead atoms. The molecule has 2 aromatic carbocycles. The summed E-state index contributed by atoms with van der Waals surface area (Å²) in [4.78, 5) is 23.7. The highest BCUT2D eigenvalue weighted by Crippen LogP contribution is 2.44. The number of hydrogen-bond acceptors (Lipinski definition) is 10. The molecule has 0 aromatic heterocycles. The molecule has 4 atom stereocenters. The lowest BCUT2D eigenvalue weighted by atomic mass is 9.77. The van der Waals surface area contributed by atoms with Gasteiger partial charge in [0.1, 0.15) is 23.0 Å². The Hall–Kier alpha value is -3.70. The third-order valence-corrected chi connectivity index (χ3v) is 5.75. The highest BCUT2D eigenvalue weighted by molar-refractivity contribution is 5.84. The number of benzene rings is 2. The molecule has 224 valence electrons. The lowest BCUT2D eigenvalue weighted by Gasteiger charge is -2.32. The van der Waals surface area contributed by atoms with E-state index < -0.39 is 42.1 Å². The van der Waals surface area contributed by atoms with Crippen molar-refractivity contribution in [3.05, 3.63) is 72.8 Å². The molecule has 0 aliphatic heterocycles. The lowest BCUT2D eigenvalue weighted by Crippen LogP contribution is -2.27. The number of aliphatic hydroxyl groups is 2. The lowest BCUT2D eigenvalue weighted by molar-refractivity contribution is -0.129. The summed E-state index contributed by atoms with van der Waals surface area (Å²) in [7, 11) is 0. The van der Waals surface area contributed by atoms with E-state index in [1.54, 1.807) is 64.1 Å². The number of carbonyl (C=O) groups is 2. The first-order chi connectivity index (χ1) is 19.3. The van der Waals surface area contributed by atoms with Crippen LogP contribution in [0.5, 0.6) is 23.0 Å². The average Bonchev–Trinajstić information content (AvgIpc) is 2.90. The van der Waals surface area contributed by atoms with Crippen molar-refractivity contribution in [2.75, 3.05) is 13.2 Å². The van der Waals surface area contributed by atoms with Crippen LogP contribution in [0.3, 0.4) is 0 Å². The second kappa shape index (κ2) is 15.3. The molecule has 0 spiro atoms. The molecule has 41 heavy (non-hydrogen) atoms. The first kappa shape index (κ1) is 33.5. The van der Waals surface area contributed by atoms with Crippen molar-refractivity contribution >= 4 is 11.9 Å². The van der Waals surface area contributed by atoms with Gasteiger partial charge in [0.15, 0.2) is 12.6 Å². The molecule has 10 heteroatoms. The van der Waals surface area contributed by atoms with Crippen LogP contribution < -0.4 is 18.9 Å². The molecule has 2 aromatic rings. The molecule has 0 radical (unpaired) electrons. The third kappa shape index (κ3) is 10.3.